The lowest BCUT2D eigenvalue weighted by atomic mass is 10.0. The van der Waals surface area contributed by atoms with E-state index in [1.807, 2.05) is 38.1 Å². The van der Waals surface area contributed by atoms with Gasteiger partial charge in [-0.25, -0.2) is 4.79 Å². The Hall–Kier alpha value is -3.90. The molecule has 1 aromatic heterocycles. The van der Waals surface area contributed by atoms with Crippen LogP contribution >= 0.6 is 0 Å². The van der Waals surface area contributed by atoms with Crippen LogP contribution in [0.5, 0.6) is 5.75 Å². The Balaban J connectivity index is 1.37. The third-order valence-electron chi connectivity index (χ3n) is 6.24. The molecule has 0 unspecified atom stereocenters. The molecule has 1 fully saturated rings. The zero-order valence-corrected chi connectivity index (χ0v) is 19.8. The number of urea groups is 1. The number of hydrogen-bond donors (Lipinski definition) is 1. The van der Waals surface area contributed by atoms with Crippen molar-refractivity contribution in [2.45, 2.75) is 38.8 Å². The van der Waals surface area contributed by atoms with E-state index in [9.17, 15) is 10.1 Å². The molecule has 2 heterocycles. The summed E-state index contributed by atoms with van der Waals surface area (Å²) < 4.78 is 16.6. The van der Waals surface area contributed by atoms with Crippen molar-refractivity contribution in [1.29, 1.82) is 5.26 Å². The van der Waals surface area contributed by atoms with Crippen molar-refractivity contribution in [3.8, 4) is 34.7 Å². The molecular weight excluding hydrogens is 446 g/mol. The van der Waals surface area contributed by atoms with Crippen LogP contribution in [0.1, 0.15) is 43.0 Å². The quantitative estimate of drug-likeness (QED) is 0.594. The average molecular weight is 474 g/mol. The van der Waals surface area contributed by atoms with Crippen LogP contribution in [0.2, 0.25) is 0 Å². The van der Waals surface area contributed by atoms with Gasteiger partial charge in [0.1, 0.15) is 11.8 Å². The van der Waals surface area contributed by atoms with Crippen LogP contribution in [-0.2, 0) is 11.2 Å². The highest BCUT2D eigenvalue weighted by Gasteiger charge is 2.29. The molecule has 1 aliphatic heterocycles. The minimum Gasteiger partial charge on any atom is -0.490 e. The summed E-state index contributed by atoms with van der Waals surface area (Å²) >= 11 is 0. The van der Waals surface area contributed by atoms with E-state index in [0.717, 1.165) is 29.5 Å². The standard InChI is InChI=1S/C26H27N5O4/c1-16(2)34-23-9-6-17(14-18(23)15-27)25-29-24(30-35-25)21-5-3-4-20-19(21)7-8-22(20)28-26(32)31-10-12-33-13-11-31/h3-6,9,14,16,22H,7-8,10-13H2,1-2H3,(H,28,32)/t22-/m0/s1. The zero-order valence-electron chi connectivity index (χ0n) is 19.8. The number of aromatic nitrogens is 2. The lowest BCUT2D eigenvalue weighted by Gasteiger charge is -2.28. The Morgan fingerprint density at radius 3 is 2.86 bits per heavy atom. The molecule has 0 radical (unpaired) electrons. The van der Waals surface area contributed by atoms with Gasteiger partial charge in [0.15, 0.2) is 0 Å². The summed E-state index contributed by atoms with van der Waals surface area (Å²) in [5, 5.41) is 16.9. The molecule has 0 spiro atoms. The maximum atomic E-state index is 12.7. The van der Waals surface area contributed by atoms with Crippen LogP contribution in [0, 0.1) is 11.3 Å². The van der Waals surface area contributed by atoms with Gasteiger partial charge >= 0.3 is 6.03 Å². The van der Waals surface area contributed by atoms with Crippen LogP contribution in [0.4, 0.5) is 4.79 Å². The summed E-state index contributed by atoms with van der Waals surface area (Å²) in [6.45, 7) is 6.18. The molecule has 35 heavy (non-hydrogen) atoms. The third-order valence-corrected chi connectivity index (χ3v) is 6.24. The summed E-state index contributed by atoms with van der Waals surface area (Å²) in [7, 11) is 0. The molecule has 1 N–H and O–H groups in total. The number of carbonyl (C=O) groups excluding carboxylic acids is 1. The number of nitrogens with zero attached hydrogens (tertiary/aromatic N) is 4. The number of rotatable bonds is 5. The van der Waals surface area contributed by atoms with E-state index in [2.05, 4.69) is 21.5 Å². The second-order valence-electron chi connectivity index (χ2n) is 8.93. The highest BCUT2D eigenvalue weighted by Crippen LogP contribution is 2.37. The fourth-order valence-electron chi connectivity index (χ4n) is 4.58. The SMILES string of the molecule is CC(C)Oc1ccc(-c2nc(-c3cccc4c3CC[C@@H]4NC(=O)N3CCOCC3)no2)cc1C#N. The first-order valence-electron chi connectivity index (χ1n) is 11.8. The van der Waals surface area contributed by atoms with Gasteiger partial charge < -0.3 is 24.2 Å². The first-order valence-corrected chi connectivity index (χ1v) is 11.8. The zero-order chi connectivity index (χ0) is 24.4. The molecule has 9 heteroatoms. The van der Waals surface area contributed by atoms with Crippen molar-refractivity contribution in [3.63, 3.8) is 0 Å². The fraction of sp³-hybridized carbons (Fsp3) is 0.385. The number of fused-ring (bicyclic) bond motifs is 1. The molecular formula is C26H27N5O4. The van der Waals surface area contributed by atoms with E-state index in [1.165, 1.54) is 0 Å². The molecule has 2 aliphatic rings. The Labute approximate surface area is 203 Å². The molecule has 1 saturated heterocycles. The molecule has 5 rings (SSSR count). The van der Waals surface area contributed by atoms with Crippen LogP contribution < -0.4 is 10.1 Å². The summed E-state index contributed by atoms with van der Waals surface area (Å²) in [4.78, 5) is 19.1. The van der Waals surface area contributed by atoms with Crippen molar-refractivity contribution in [3.05, 3.63) is 53.1 Å². The van der Waals surface area contributed by atoms with E-state index in [4.69, 9.17) is 14.0 Å². The predicted molar refractivity (Wildman–Crippen MR) is 128 cm³/mol. The van der Waals surface area contributed by atoms with E-state index in [1.54, 1.807) is 17.0 Å². The van der Waals surface area contributed by atoms with E-state index in [0.29, 0.717) is 54.9 Å². The Bertz CT molecular complexity index is 1270. The van der Waals surface area contributed by atoms with Crippen molar-refractivity contribution < 1.29 is 18.8 Å². The van der Waals surface area contributed by atoms with Crippen molar-refractivity contribution in [2.24, 2.45) is 0 Å². The number of nitriles is 1. The Morgan fingerprint density at radius 2 is 2.09 bits per heavy atom. The van der Waals surface area contributed by atoms with Gasteiger partial charge in [0.05, 0.1) is 30.9 Å². The Morgan fingerprint density at radius 1 is 1.26 bits per heavy atom. The Kier molecular flexibility index (Phi) is 6.38. The first kappa shape index (κ1) is 22.9. The lowest BCUT2D eigenvalue weighted by molar-refractivity contribution is 0.0525. The number of morpholine rings is 1. The van der Waals surface area contributed by atoms with Gasteiger partial charge in [-0.05, 0) is 56.0 Å². The number of amides is 2. The van der Waals surface area contributed by atoms with Gasteiger partial charge in [-0.15, -0.1) is 0 Å². The monoisotopic (exact) mass is 473 g/mol. The van der Waals surface area contributed by atoms with Gasteiger partial charge in [0, 0.05) is 24.2 Å². The lowest BCUT2D eigenvalue weighted by Crippen LogP contribution is -2.46. The molecule has 180 valence electrons. The van der Waals surface area contributed by atoms with Gasteiger partial charge in [0.25, 0.3) is 5.89 Å². The summed E-state index contributed by atoms with van der Waals surface area (Å²) in [5.41, 5.74) is 4.15. The van der Waals surface area contributed by atoms with Crippen molar-refractivity contribution in [2.75, 3.05) is 26.3 Å². The van der Waals surface area contributed by atoms with E-state index in [-0.39, 0.29) is 18.2 Å². The maximum Gasteiger partial charge on any atom is 0.318 e. The predicted octanol–water partition coefficient (Wildman–Crippen LogP) is 4.09. The van der Waals surface area contributed by atoms with Crippen LogP contribution in [0.25, 0.3) is 22.8 Å². The molecule has 0 bridgehead atoms. The first-order chi connectivity index (χ1) is 17.0. The van der Waals surface area contributed by atoms with Crippen molar-refractivity contribution in [1.82, 2.24) is 20.4 Å². The summed E-state index contributed by atoms with van der Waals surface area (Å²) in [6, 6.07) is 13.3. The normalized spacial score (nSPS) is 17.2. The van der Waals surface area contributed by atoms with E-state index >= 15 is 0 Å². The second-order valence-corrected chi connectivity index (χ2v) is 8.93. The minimum absolute atomic E-state index is 0.0365. The molecule has 9 nitrogen and oxygen atoms in total. The maximum absolute atomic E-state index is 12.7. The van der Waals surface area contributed by atoms with Crippen LogP contribution in [0.3, 0.4) is 0 Å². The topological polar surface area (TPSA) is 114 Å². The molecule has 2 aromatic carbocycles. The van der Waals surface area contributed by atoms with Gasteiger partial charge in [-0.1, -0.05) is 23.4 Å². The number of nitrogens with one attached hydrogen (secondary N) is 1. The number of hydrogen-bond acceptors (Lipinski definition) is 7. The fourth-order valence-corrected chi connectivity index (χ4v) is 4.58. The molecule has 0 saturated carbocycles. The third kappa shape index (κ3) is 4.70. The number of carbonyl (C=O) groups is 1. The summed E-state index contributed by atoms with van der Waals surface area (Å²) in [5.74, 6) is 1.34. The molecule has 3 aromatic rings. The largest absolute Gasteiger partial charge is 0.490 e. The molecule has 1 atom stereocenters. The molecule has 1 aliphatic carbocycles. The number of benzene rings is 2. The van der Waals surface area contributed by atoms with Crippen LogP contribution in [-0.4, -0.2) is 53.5 Å². The highest BCUT2D eigenvalue weighted by molar-refractivity contribution is 5.76. The smallest absolute Gasteiger partial charge is 0.318 e. The van der Waals surface area contributed by atoms with Crippen molar-refractivity contribution >= 4 is 6.03 Å². The second kappa shape index (κ2) is 9.76. The minimum atomic E-state index is -0.0587. The average Bonchev–Trinajstić information content (AvgIpc) is 3.52. The number of ether oxygens (including phenoxy) is 2. The van der Waals surface area contributed by atoms with Crippen LogP contribution in [0.15, 0.2) is 40.9 Å². The van der Waals surface area contributed by atoms with Gasteiger partial charge in [-0.2, -0.15) is 10.2 Å². The summed E-state index contributed by atoms with van der Waals surface area (Å²) in [6.07, 6.45) is 1.59. The highest BCUT2D eigenvalue weighted by atomic mass is 16.5. The van der Waals surface area contributed by atoms with Gasteiger partial charge in [0.2, 0.25) is 5.82 Å². The van der Waals surface area contributed by atoms with Gasteiger partial charge in [-0.3, -0.25) is 0 Å². The molecule has 2 amide bonds. The van der Waals surface area contributed by atoms with E-state index < -0.39 is 0 Å².